The van der Waals surface area contributed by atoms with Gasteiger partial charge in [-0.15, -0.1) is 0 Å². The molecule has 0 heterocycles. The minimum atomic E-state index is 0.00936. The third-order valence-corrected chi connectivity index (χ3v) is 2.92. The van der Waals surface area contributed by atoms with Crippen LogP contribution in [0.2, 0.25) is 0 Å². The van der Waals surface area contributed by atoms with E-state index in [1.807, 2.05) is 6.07 Å². The predicted molar refractivity (Wildman–Crippen MR) is 80.8 cm³/mol. The molecule has 0 fully saturated rings. The van der Waals surface area contributed by atoms with Crippen LogP contribution in [0.3, 0.4) is 0 Å². The number of nitriles is 1. The fourth-order valence-electron chi connectivity index (χ4n) is 1.77. The van der Waals surface area contributed by atoms with Gasteiger partial charge in [0.15, 0.2) is 5.71 Å². The number of amides is 1. The summed E-state index contributed by atoms with van der Waals surface area (Å²) in [7, 11) is 1.65. The maximum absolute atomic E-state index is 10.7. The zero-order valence-electron chi connectivity index (χ0n) is 11.4. The summed E-state index contributed by atoms with van der Waals surface area (Å²) in [5.41, 5.74) is 1.81. The Morgan fingerprint density at radius 2 is 1.90 bits per heavy atom. The van der Waals surface area contributed by atoms with Crippen LogP contribution < -0.4 is 4.90 Å². The van der Waals surface area contributed by atoms with Crippen LogP contribution in [0, 0.1) is 11.3 Å². The van der Waals surface area contributed by atoms with Gasteiger partial charge in [-0.2, -0.15) is 5.26 Å². The lowest BCUT2D eigenvalue weighted by atomic mass is 10.1. The van der Waals surface area contributed by atoms with Gasteiger partial charge in [0.2, 0.25) is 6.41 Å². The lowest BCUT2D eigenvalue weighted by molar-refractivity contribution is -0.107. The number of nitrogens with zero attached hydrogens (tertiary/aromatic N) is 3. The summed E-state index contributed by atoms with van der Waals surface area (Å²) in [5.74, 6) is 0.00936. The lowest BCUT2D eigenvalue weighted by Crippen LogP contribution is -2.13. The number of phenolic OH excluding ortho intramolecular Hbond substituents is 1. The standard InChI is InChI=1S/C16H13N3O2/c1-19(11-20)13-8-6-12(7-9-13)18-15(10-17)14-4-2-3-5-16(14)21/h2-9,11,21H,1H3. The van der Waals surface area contributed by atoms with Crippen LogP contribution in [0.4, 0.5) is 11.4 Å². The Balaban J connectivity index is 2.35. The molecule has 104 valence electrons. The van der Waals surface area contributed by atoms with Gasteiger partial charge < -0.3 is 10.0 Å². The molecule has 0 aliphatic rings. The highest BCUT2D eigenvalue weighted by atomic mass is 16.3. The predicted octanol–water partition coefficient (Wildman–Crippen LogP) is 2.63. The molecule has 0 saturated heterocycles. The Kier molecular flexibility index (Phi) is 4.32. The Morgan fingerprint density at radius 1 is 1.24 bits per heavy atom. The van der Waals surface area contributed by atoms with Crippen molar-refractivity contribution in [1.29, 1.82) is 5.26 Å². The number of hydrogen-bond donors (Lipinski definition) is 1. The highest BCUT2D eigenvalue weighted by Gasteiger charge is 2.08. The van der Waals surface area contributed by atoms with Gasteiger partial charge in [0.05, 0.1) is 11.3 Å². The van der Waals surface area contributed by atoms with Crippen molar-refractivity contribution in [2.24, 2.45) is 4.99 Å². The molecule has 1 N–H and O–H groups in total. The van der Waals surface area contributed by atoms with E-state index < -0.39 is 0 Å². The molecule has 2 rings (SSSR count). The zero-order valence-corrected chi connectivity index (χ0v) is 11.4. The first-order valence-electron chi connectivity index (χ1n) is 6.21. The molecule has 0 aliphatic heterocycles. The molecule has 0 radical (unpaired) electrons. The third-order valence-electron chi connectivity index (χ3n) is 2.92. The fraction of sp³-hybridized carbons (Fsp3) is 0.0625. The van der Waals surface area contributed by atoms with E-state index in [0.717, 1.165) is 5.69 Å². The van der Waals surface area contributed by atoms with Crippen molar-refractivity contribution < 1.29 is 9.90 Å². The van der Waals surface area contributed by atoms with E-state index in [2.05, 4.69) is 4.99 Å². The van der Waals surface area contributed by atoms with E-state index in [1.165, 1.54) is 11.0 Å². The van der Waals surface area contributed by atoms with Gasteiger partial charge in [-0.3, -0.25) is 4.79 Å². The van der Waals surface area contributed by atoms with Gasteiger partial charge in [-0.05, 0) is 36.4 Å². The monoisotopic (exact) mass is 279 g/mol. The molecule has 0 unspecified atom stereocenters. The average molecular weight is 279 g/mol. The Morgan fingerprint density at radius 3 is 2.48 bits per heavy atom. The van der Waals surface area contributed by atoms with Crippen molar-refractivity contribution in [2.75, 3.05) is 11.9 Å². The number of anilines is 1. The SMILES string of the molecule is CN(C=O)c1ccc(N=C(C#N)c2ccccc2O)cc1. The fourth-order valence-corrected chi connectivity index (χ4v) is 1.77. The molecule has 5 heteroatoms. The van der Waals surface area contributed by atoms with E-state index in [1.54, 1.807) is 49.5 Å². The van der Waals surface area contributed by atoms with E-state index in [9.17, 15) is 15.2 Å². The van der Waals surface area contributed by atoms with Gasteiger partial charge >= 0.3 is 0 Å². The van der Waals surface area contributed by atoms with Gasteiger partial charge in [0.1, 0.15) is 11.8 Å². The van der Waals surface area contributed by atoms with Crippen LogP contribution in [0.1, 0.15) is 5.56 Å². The molecule has 0 atom stereocenters. The summed E-state index contributed by atoms with van der Waals surface area (Å²) < 4.78 is 0. The number of rotatable bonds is 4. The van der Waals surface area contributed by atoms with Crippen LogP contribution in [0.15, 0.2) is 53.5 Å². The average Bonchev–Trinajstić information content (AvgIpc) is 2.53. The molecule has 1 amide bonds. The molecule has 0 spiro atoms. The highest BCUT2D eigenvalue weighted by molar-refractivity contribution is 6.14. The zero-order chi connectivity index (χ0) is 15.2. The number of hydrogen-bond acceptors (Lipinski definition) is 4. The van der Waals surface area contributed by atoms with Crippen molar-refractivity contribution in [3.05, 3.63) is 54.1 Å². The highest BCUT2D eigenvalue weighted by Crippen LogP contribution is 2.22. The Hall–Kier alpha value is -3.13. The van der Waals surface area contributed by atoms with Crippen LogP contribution in [0.25, 0.3) is 0 Å². The second kappa shape index (κ2) is 6.35. The summed E-state index contributed by atoms with van der Waals surface area (Å²) in [5, 5.41) is 19.0. The summed E-state index contributed by atoms with van der Waals surface area (Å²) in [6.45, 7) is 0. The molecule has 0 bridgehead atoms. The first-order valence-corrected chi connectivity index (χ1v) is 6.21. The third kappa shape index (κ3) is 3.25. The summed E-state index contributed by atoms with van der Waals surface area (Å²) in [6.07, 6.45) is 0.709. The van der Waals surface area contributed by atoms with Crippen LogP contribution in [-0.4, -0.2) is 24.3 Å². The maximum atomic E-state index is 10.7. The minimum Gasteiger partial charge on any atom is -0.507 e. The van der Waals surface area contributed by atoms with Gasteiger partial charge in [0, 0.05) is 12.7 Å². The minimum absolute atomic E-state index is 0.00936. The van der Waals surface area contributed by atoms with E-state index >= 15 is 0 Å². The van der Waals surface area contributed by atoms with E-state index in [0.29, 0.717) is 17.7 Å². The molecular formula is C16H13N3O2. The maximum Gasteiger partial charge on any atom is 0.213 e. The molecule has 2 aromatic rings. The Bertz CT molecular complexity index is 715. The second-order valence-electron chi connectivity index (χ2n) is 4.32. The van der Waals surface area contributed by atoms with Crippen molar-refractivity contribution in [3.63, 3.8) is 0 Å². The molecule has 2 aromatic carbocycles. The van der Waals surface area contributed by atoms with Gasteiger partial charge in [0.25, 0.3) is 0 Å². The van der Waals surface area contributed by atoms with Gasteiger partial charge in [-0.25, -0.2) is 4.99 Å². The molecule has 0 aliphatic carbocycles. The smallest absolute Gasteiger partial charge is 0.213 e. The number of aliphatic imine (C=N–C) groups is 1. The van der Waals surface area contributed by atoms with E-state index in [4.69, 9.17) is 0 Å². The molecular weight excluding hydrogens is 266 g/mol. The van der Waals surface area contributed by atoms with Crippen molar-refractivity contribution >= 4 is 23.5 Å². The van der Waals surface area contributed by atoms with Crippen LogP contribution >= 0.6 is 0 Å². The second-order valence-corrected chi connectivity index (χ2v) is 4.32. The first kappa shape index (κ1) is 14.3. The Labute approximate surface area is 122 Å². The molecule has 0 saturated carbocycles. The number of phenols is 1. The van der Waals surface area contributed by atoms with Crippen molar-refractivity contribution in [1.82, 2.24) is 0 Å². The van der Waals surface area contributed by atoms with Crippen molar-refractivity contribution in [3.8, 4) is 11.8 Å². The summed E-state index contributed by atoms with van der Waals surface area (Å²) in [6, 6.07) is 15.4. The number of para-hydroxylation sites is 1. The summed E-state index contributed by atoms with van der Waals surface area (Å²) >= 11 is 0. The first-order chi connectivity index (χ1) is 10.2. The van der Waals surface area contributed by atoms with E-state index in [-0.39, 0.29) is 11.5 Å². The van der Waals surface area contributed by atoms with Crippen LogP contribution in [0.5, 0.6) is 5.75 Å². The molecule has 0 aromatic heterocycles. The number of carbonyl (C=O) groups excluding carboxylic acids is 1. The topological polar surface area (TPSA) is 76.7 Å². The quantitative estimate of drug-likeness (QED) is 0.690. The number of benzene rings is 2. The normalized spacial score (nSPS) is 10.8. The lowest BCUT2D eigenvalue weighted by Gasteiger charge is -2.10. The molecule has 21 heavy (non-hydrogen) atoms. The summed E-state index contributed by atoms with van der Waals surface area (Å²) in [4.78, 5) is 16.3. The number of aromatic hydroxyl groups is 1. The largest absolute Gasteiger partial charge is 0.507 e. The number of carbonyl (C=O) groups is 1. The molecule has 5 nitrogen and oxygen atoms in total. The van der Waals surface area contributed by atoms with Gasteiger partial charge in [-0.1, -0.05) is 12.1 Å². The van der Waals surface area contributed by atoms with Crippen LogP contribution in [-0.2, 0) is 4.79 Å². The van der Waals surface area contributed by atoms with Crippen molar-refractivity contribution in [2.45, 2.75) is 0 Å².